The summed E-state index contributed by atoms with van der Waals surface area (Å²) in [6.45, 7) is 5.29. The molecule has 1 saturated carbocycles. The number of carbonyl (C=O) groups excluding carboxylic acids is 1. The van der Waals surface area contributed by atoms with Crippen LogP contribution in [0.1, 0.15) is 12.0 Å². The quantitative estimate of drug-likeness (QED) is 0.798. The van der Waals surface area contributed by atoms with E-state index in [2.05, 4.69) is 55.1 Å². The molecule has 23 heavy (non-hydrogen) atoms. The maximum atomic E-state index is 12.0. The molecule has 1 heterocycles. The molecular formula is C20H19NO2. The lowest BCUT2D eigenvalue weighted by molar-refractivity contribution is 0.145. The van der Waals surface area contributed by atoms with Crippen molar-refractivity contribution in [1.82, 2.24) is 4.90 Å². The van der Waals surface area contributed by atoms with Crippen molar-refractivity contribution >= 4 is 6.09 Å². The smallest absolute Gasteiger partial charge is 0.410 e. The van der Waals surface area contributed by atoms with Crippen molar-refractivity contribution in [1.29, 1.82) is 0 Å². The number of ether oxygens (including phenoxy) is 1. The first kappa shape index (κ1) is 14.1. The van der Waals surface area contributed by atoms with Crippen LogP contribution < -0.4 is 0 Å². The van der Waals surface area contributed by atoms with Crippen LogP contribution in [0.15, 0.2) is 66.7 Å². The predicted octanol–water partition coefficient (Wildman–Crippen LogP) is 4.05. The normalized spacial score (nSPS) is 23.0. The van der Waals surface area contributed by atoms with E-state index >= 15 is 0 Å². The van der Waals surface area contributed by atoms with Crippen LogP contribution in [-0.2, 0) is 11.2 Å². The summed E-state index contributed by atoms with van der Waals surface area (Å²) in [4.78, 5) is 13.9. The Morgan fingerprint density at radius 2 is 1.78 bits per heavy atom. The number of amides is 1. The summed E-state index contributed by atoms with van der Waals surface area (Å²) in [7, 11) is 0. The van der Waals surface area contributed by atoms with Gasteiger partial charge in [-0.2, -0.15) is 0 Å². The number of rotatable bonds is 4. The second-order valence-corrected chi connectivity index (χ2v) is 6.28. The fourth-order valence-corrected chi connectivity index (χ4v) is 3.55. The first-order valence-electron chi connectivity index (χ1n) is 7.97. The highest BCUT2D eigenvalue weighted by Crippen LogP contribution is 2.51. The van der Waals surface area contributed by atoms with Crippen molar-refractivity contribution in [3.63, 3.8) is 0 Å². The lowest BCUT2D eigenvalue weighted by Crippen LogP contribution is -2.40. The van der Waals surface area contributed by atoms with E-state index in [9.17, 15) is 4.79 Å². The number of hydrogen-bond acceptors (Lipinski definition) is 2. The SMILES string of the molecule is C=C1C[C@]1(Cc1ccccc1-c1ccccc1)N1CCOC1=O. The highest BCUT2D eigenvalue weighted by atomic mass is 16.6. The molecule has 4 rings (SSSR count). The molecule has 1 amide bonds. The van der Waals surface area contributed by atoms with Gasteiger partial charge in [-0.05, 0) is 28.7 Å². The lowest BCUT2D eigenvalue weighted by Gasteiger charge is -2.26. The Morgan fingerprint density at radius 3 is 2.43 bits per heavy atom. The molecule has 1 saturated heterocycles. The molecule has 0 aromatic heterocycles. The largest absolute Gasteiger partial charge is 0.448 e. The fraction of sp³-hybridized carbons (Fsp3) is 0.250. The Kier molecular flexibility index (Phi) is 3.22. The molecular weight excluding hydrogens is 286 g/mol. The van der Waals surface area contributed by atoms with E-state index in [1.807, 2.05) is 11.0 Å². The molecule has 1 atom stereocenters. The molecule has 116 valence electrons. The van der Waals surface area contributed by atoms with Gasteiger partial charge < -0.3 is 4.74 Å². The van der Waals surface area contributed by atoms with Gasteiger partial charge in [0.05, 0.1) is 12.1 Å². The third kappa shape index (κ3) is 2.33. The molecule has 2 aromatic carbocycles. The summed E-state index contributed by atoms with van der Waals surface area (Å²) in [6.07, 6.45) is 1.46. The average molecular weight is 305 g/mol. The van der Waals surface area contributed by atoms with Gasteiger partial charge >= 0.3 is 6.09 Å². The summed E-state index contributed by atoms with van der Waals surface area (Å²) < 4.78 is 5.14. The van der Waals surface area contributed by atoms with Crippen molar-refractivity contribution < 1.29 is 9.53 Å². The molecule has 0 spiro atoms. The molecule has 0 unspecified atom stereocenters. The van der Waals surface area contributed by atoms with Gasteiger partial charge in [-0.25, -0.2) is 4.79 Å². The van der Waals surface area contributed by atoms with Crippen LogP contribution in [0.4, 0.5) is 4.79 Å². The summed E-state index contributed by atoms with van der Waals surface area (Å²) in [5.74, 6) is 0. The zero-order valence-electron chi connectivity index (χ0n) is 13.0. The Balaban J connectivity index is 1.70. The van der Waals surface area contributed by atoms with Crippen molar-refractivity contribution in [3.05, 3.63) is 72.3 Å². The van der Waals surface area contributed by atoms with Crippen LogP contribution >= 0.6 is 0 Å². The molecule has 2 aromatic rings. The highest BCUT2D eigenvalue weighted by molar-refractivity contribution is 5.74. The summed E-state index contributed by atoms with van der Waals surface area (Å²) in [5, 5.41) is 0. The lowest BCUT2D eigenvalue weighted by atomic mass is 9.93. The zero-order chi connectivity index (χ0) is 15.9. The van der Waals surface area contributed by atoms with Crippen LogP contribution in [0.2, 0.25) is 0 Å². The Hall–Kier alpha value is -2.55. The van der Waals surface area contributed by atoms with Gasteiger partial charge in [0.25, 0.3) is 0 Å². The Labute approximate surface area is 136 Å². The number of hydrogen-bond donors (Lipinski definition) is 0. The Bertz CT molecular complexity index is 768. The number of cyclic esters (lactones) is 1. The maximum Gasteiger partial charge on any atom is 0.410 e. The minimum atomic E-state index is -0.252. The van der Waals surface area contributed by atoms with Crippen molar-refractivity contribution in [2.45, 2.75) is 18.4 Å². The second kappa shape index (κ2) is 5.27. The van der Waals surface area contributed by atoms with Crippen LogP contribution in [0.3, 0.4) is 0 Å². The van der Waals surface area contributed by atoms with Crippen molar-refractivity contribution in [3.8, 4) is 11.1 Å². The van der Waals surface area contributed by atoms with Crippen molar-refractivity contribution in [2.75, 3.05) is 13.2 Å². The first-order chi connectivity index (χ1) is 11.2. The number of carbonyl (C=O) groups is 1. The third-order valence-corrected chi connectivity index (χ3v) is 4.90. The summed E-state index contributed by atoms with van der Waals surface area (Å²) in [5.41, 5.74) is 4.54. The van der Waals surface area contributed by atoms with Gasteiger partial charge in [-0.1, -0.05) is 61.2 Å². The van der Waals surface area contributed by atoms with Crippen LogP contribution in [0, 0.1) is 0 Å². The van der Waals surface area contributed by atoms with E-state index in [-0.39, 0.29) is 11.6 Å². The van der Waals surface area contributed by atoms with E-state index in [4.69, 9.17) is 4.74 Å². The van der Waals surface area contributed by atoms with Crippen LogP contribution in [0.5, 0.6) is 0 Å². The molecule has 0 N–H and O–H groups in total. The number of benzene rings is 2. The van der Waals surface area contributed by atoms with Crippen LogP contribution in [-0.4, -0.2) is 29.7 Å². The average Bonchev–Trinajstić information content (AvgIpc) is 3.01. The minimum absolute atomic E-state index is 0.208. The molecule has 0 bridgehead atoms. The molecule has 0 radical (unpaired) electrons. The first-order valence-corrected chi connectivity index (χ1v) is 7.97. The number of nitrogens with zero attached hydrogens (tertiary/aromatic N) is 1. The fourth-order valence-electron chi connectivity index (χ4n) is 3.55. The molecule has 1 aliphatic heterocycles. The monoisotopic (exact) mass is 305 g/mol. The molecule has 3 heteroatoms. The molecule has 2 fully saturated rings. The van der Waals surface area contributed by atoms with Gasteiger partial charge in [-0.3, -0.25) is 4.90 Å². The topological polar surface area (TPSA) is 29.5 Å². The van der Waals surface area contributed by atoms with Gasteiger partial charge in [0.15, 0.2) is 0 Å². The Morgan fingerprint density at radius 1 is 1.09 bits per heavy atom. The van der Waals surface area contributed by atoms with E-state index in [1.54, 1.807) is 0 Å². The highest BCUT2D eigenvalue weighted by Gasteiger charge is 2.56. The standard InChI is InChI=1S/C20H19NO2/c1-15-13-20(15,21-11-12-23-19(21)22)14-17-9-5-6-10-18(17)16-7-3-2-4-8-16/h2-10H,1,11-14H2/t20-/m1/s1. The molecule has 1 aliphatic carbocycles. The minimum Gasteiger partial charge on any atom is -0.448 e. The van der Waals surface area contributed by atoms with Gasteiger partial charge in [0, 0.05) is 6.42 Å². The predicted molar refractivity (Wildman–Crippen MR) is 90.1 cm³/mol. The van der Waals surface area contributed by atoms with E-state index < -0.39 is 0 Å². The van der Waals surface area contributed by atoms with Crippen molar-refractivity contribution in [2.24, 2.45) is 0 Å². The zero-order valence-corrected chi connectivity index (χ0v) is 13.0. The molecule has 2 aliphatic rings. The van der Waals surface area contributed by atoms with E-state index in [0.717, 1.165) is 18.4 Å². The van der Waals surface area contributed by atoms with Crippen LogP contribution in [0.25, 0.3) is 11.1 Å². The van der Waals surface area contributed by atoms with E-state index in [0.29, 0.717) is 13.2 Å². The van der Waals surface area contributed by atoms with Gasteiger partial charge in [0.2, 0.25) is 0 Å². The van der Waals surface area contributed by atoms with Gasteiger partial charge in [0.1, 0.15) is 6.61 Å². The summed E-state index contributed by atoms with van der Waals surface area (Å²) >= 11 is 0. The molecule has 3 nitrogen and oxygen atoms in total. The third-order valence-electron chi connectivity index (χ3n) is 4.90. The van der Waals surface area contributed by atoms with E-state index in [1.165, 1.54) is 16.7 Å². The maximum absolute atomic E-state index is 12.0. The van der Waals surface area contributed by atoms with Gasteiger partial charge in [-0.15, -0.1) is 0 Å². The second-order valence-electron chi connectivity index (χ2n) is 6.28. The summed E-state index contributed by atoms with van der Waals surface area (Å²) in [6, 6.07) is 18.8.